The molecule has 1 N–H and O–H groups in total. The highest BCUT2D eigenvalue weighted by Crippen LogP contribution is 2.29. The Bertz CT molecular complexity index is 878. The average molecular weight is 385 g/mol. The second-order valence-electron chi connectivity index (χ2n) is 7.76. The van der Waals surface area contributed by atoms with Crippen LogP contribution in [0.4, 0.5) is 0 Å². The number of carbonyl (C=O) groups is 2. The maximum absolute atomic E-state index is 13.1. The number of aromatic nitrogens is 2. The van der Waals surface area contributed by atoms with Crippen LogP contribution in [0.15, 0.2) is 22.9 Å². The first-order valence-corrected chi connectivity index (χ1v) is 9.78. The zero-order valence-electron chi connectivity index (χ0n) is 16.6. The second-order valence-corrected chi connectivity index (χ2v) is 7.76. The standard InChI is InChI=1S/C20H27N5O3/c1-13-8-16(14(2)28-13)19(26)24-4-6-25(7-5-24)20(27)18-11-21-10-17(18)15-9-22-23(3)12-15/h8-9,12,17-18,21H,4-7,10-11H2,1-3H3/t17-,18+/m1/s1. The topological polar surface area (TPSA) is 83.6 Å². The monoisotopic (exact) mass is 385 g/mol. The van der Waals surface area contributed by atoms with Crippen molar-refractivity contribution >= 4 is 11.8 Å². The van der Waals surface area contributed by atoms with Crippen molar-refractivity contribution in [3.63, 3.8) is 0 Å². The first-order valence-electron chi connectivity index (χ1n) is 9.78. The molecule has 0 aliphatic carbocycles. The van der Waals surface area contributed by atoms with E-state index in [1.165, 1.54) is 0 Å². The molecule has 0 aromatic carbocycles. The Morgan fingerprint density at radius 3 is 2.46 bits per heavy atom. The van der Waals surface area contributed by atoms with Crippen molar-refractivity contribution in [1.29, 1.82) is 0 Å². The van der Waals surface area contributed by atoms with E-state index < -0.39 is 0 Å². The number of piperazine rings is 1. The molecule has 0 spiro atoms. The van der Waals surface area contributed by atoms with Gasteiger partial charge in [-0.25, -0.2) is 0 Å². The summed E-state index contributed by atoms with van der Waals surface area (Å²) in [6.45, 7) is 7.36. The van der Waals surface area contributed by atoms with Crippen molar-refractivity contribution < 1.29 is 14.0 Å². The van der Waals surface area contributed by atoms with Crippen molar-refractivity contribution in [2.45, 2.75) is 19.8 Å². The third kappa shape index (κ3) is 3.44. The van der Waals surface area contributed by atoms with E-state index in [0.29, 0.717) is 44.0 Å². The third-order valence-corrected chi connectivity index (χ3v) is 5.83. The number of nitrogens with one attached hydrogen (secondary N) is 1. The van der Waals surface area contributed by atoms with E-state index in [0.717, 1.165) is 17.9 Å². The molecule has 2 aromatic rings. The number of carbonyl (C=O) groups excluding carboxylic acids is 2. The predicted octanol–water partition coefficient (Wildman–Crippen LogP) is 0.918. The summed E-state index contributed by atoms with van der Waals surface area (Å²) in [5, 5.41) is 7.59. The van der Waals surface area contributed by atoms with Crippen molar-refractivity contribution in [3.8, 4) is 0 Å². The van der Waals surface area contributed by atoms with Crippen LogP contribution in [-0.4, -0.2) is 70.7 Å². The summed E-state index contributed by atoms with van der Waals surface area (Å²) in [7, 11) is 1.89. The van der Waals surface area contributed by atoms with Crippen molar-refractivity contribution in [2.75, 3.05) is 39.3 Å². The summed E-state index contributed by atoms with van der Waals surface area (Å²) in [5.41, 5.74) is 1.72. The summed E-state index contributed by atoms with van der Waals surface area (Å²) >= 11 is 0. The first-order chi connectivity index (χ1) is 13.4. The SMILES string of the molecule is Cc1cc(C(=O)N2CCN(C(=O)[C@H]3CNC[C@@H]3c3cnn(C)c3)CC2)c(C)o1. The lowest BCUT2D eigenvalue weighted by atomic mass is 9.89. The van der Waals surface area contributed by atoms with Crippen molar-refractivity contribution in [1.82, 2.24) is 24.9 Å². The fourth-order valence-corrected chi connectivity index (χ4v) is 4.30. The van der Waals surface area contributed by atoms with Gasteiger partial charge in [0.2, 0.25) is 5.91 Å². The normalized spacial score (nSPS) is 22.7. The van der Waals surface area contributed by atoms with Gasteiger partial charge in [-0.15, -0.1) is 0 Å². The van der Waals surface area contributed by atoms with Crippen LogP contribution in [0.1, 0.15) is 33.4 Å². The highest BCUT2D eigenvalue weighted by molar-refractivity contribution is 5.95. The maximum atomic E-state index is 13.1. The summed E-state index contributed by atoms with van der Waals surface area (Å²) in [5.74, 6) is 1.61. The van der Waals surface area contributed by atoms with Crippen molar-refractivity contribution in [2.24, 2.45) is 13.0 Å². The minimum Gasteiger partial charge on any atom is -0.466 e. The Morgan fingerprint density at radius 2 is 1.86 bits per heavy atom. The highest BCUT2D eigenvalue weighted by atomic mass is 16.3. The molecule has 2 aliphatic rings. The lowest BCUT2D eigenvalue weighted by molar-refractivity contribution is -0.136. The summed E-state index contributed by atoms with van der Waals surface area (Å²) in [6, 6.07) is 1.79. The van der Waals surface area contributed by atoms with Gasteiger partial charge >= 0.3 is 0 Å². The van der Waals surface area contributed by atoms with Crippen molar-refractivity contribution in [3.05, 3.63) is 41.1 Å². The lowest BCUT2D eigenvalue weighted by Crippen LogP contribution is -2.52. The Morgan fingerprint density at radius 1 is 1.14 bits per heavy atom. The Hall–Kier alpha value is -2.61. The molecule has 2 fully saturated rings. The molecular weight excluding hydrogens is 358 g/mol. The third-order valence-electron chi connectivity index (χ3n) is 5.83. The number of nitrogens with zero attached hydrogens (tertiary/aromatic N) is 4. The molecule has 0 unspecified atom stereocenters. The van der Waals surface area contributed by atoms with Crippen LogP contribution < -0.4 is 5.32 Å². The number of furan rings is 1. The number of rotatable bonds is 3. The van der Waals surface area contributed by atoms with E-state index in [4.69, 9.17) is 4.42 Å². The van der Waals surface area contributed by atoms with E-state index >= 15 is 0 Å². The van der Waals surface area contributed by atoms with E-state index in [9.17, 15) is 9.59 Å². The lowest BCUT2D eigenvalue weighted by Gasteiger charge is -2.36. The zero-order valence-corrected chi connectivity index (χ0v) is 16.6. The van der Waals surface area contributed by atoms with Crippen LogP contribution in [-0.2, 0) is 11.8 Å². The van der Waals surface area contributed by atoms with Gasteiger partial charge in [0, 0.05) is 58.4 Å². The Balaban J connectivity index is 1.38. The van der Waals surface area contributed by atoms with Crippen LogP contribution in [0, 0.1) is 19.8 Å². The average Bonchev–Trinajstić information content (AvgIpc) is 3.40. The van der Waals surface area contributed by atoms with Gasteiger partial charge in [0.05, 0.1) is 17.7 Å². The van der Waals surface area contributed by atoms with Crippen LogP contribution in [0.5, 0.6) is 0 Å². The quantitative estimate of drug-likeness (QED) is 0.849. The van der Waals surface area contributed by atoms with Gasteiger partial charge in [-0.3, -0.25) is 14.3 Å². The molecule has 4 rings (SSSR count). The smallest absolute Gasteiger partial charge is 0.257 e. The largest absolute Gasteiger partial charge is 0.466 e. The highest BCUT2D eigenvalue weighted by Gasteiger charge is 2.38. The molecule has 0 radical (unpaired) electrons. The van der Waals surface area contributed by atoms with Gasteiger partial charge in [-0.2, -0.15) is 5.10 Å². The van der Waals surface area contributed by atoms with E-state index in [1.54, 1.807) is 10.7 Å². The zero-order chi connectivity index (χ0) is 19.8. The molecule has 2 amide bonds. The predicted molar refractivity (Wildman–Crippen MR) is 103 cm³/mol. The maximum Gasteiger partial charge on any atom is 0.257 e. The Kier molecular flexibility index (Phi) is 4.97. The molecule has 4 heterocycles. The fraction of sp³-hybridized carbons (Fsp3) is 0.550. The van der Waals surface area contributed by atoms with E-state index in [-0.39, 0.29) is 23.7 Å². The number of hydrogen-bond acceptors (Lipinski definition) is 5. The van der Waals surface area contributed by atoms with Gasteiger partial charge < -0.3 is 19.5 Å². The molecule has 8 heteroatoms. The van der Waals surface area contributed by atoms with E-state index in [1.807, 2.05) is 43.1 Å². The van der Waals surface area contributed by atoms with Crippen LogP contribution in [0.2, 0.25) is 0 Å². The van der Waals surface area contributed by atoms with Gasteiger partial charge in [-0.05, 0) is 25.5 Å². The van der Waals surface area contributed by atoms with Gasteiger partial charge in [0.1, 0.15) is 11.5 Å². The van der Waals surface area contributed by atoms with Crippen LogP contribution in [0.25, 0.3) is 0 Å². The molecule has 2 aromatic heterocycles. The molecule has 2 aliphatic heterocycles. The first kappa shape index (κ1) is 18.7. The van der Waals surface area contributed by atoms with Crippen LogP contribution in [0.3, 0.4) is 0 Å². The van der Waals surface area contributed by atoms with E-state index in [2.05, 4.69) is 10.4 Å². The molecule has 2 saturated heterocycles. The fourth-order valence-electron chi connectivity index (χ4n) is 4.30. The summed E-state index contributed by atoms with van der Waals surface area (Å²) < 4.78 is 7.26. The molecular formula is C20H27N5O3. The minimum absolute atomic E-state index is 0.0165. The number of aryl methyl sites for hydroxylation is 3. The molecule has 0 saturated carbocycles. The van der Waals surface area contributed by atoms with Gasteiger partial charge in [0.25, 0.3) is 5.91 Å². The van der Waals surface area contributed by atoms with Gasteiger partial charge in [0.15, 0.2) is 0 Å². The molecule has 8 nitrogen and oxygen atoms in total. The summed E-state index contributed by atoms with van der Waals surface area (Å²) in [4.78, 5) is 29.6. The summed E-state index contributed by atoms with van der Waals surface area (Å²) in [6.07, 6.45) is 3.84. The molecule has 28 heavy (non-hydrogen) atoms. The number of amides is 2. The van der Waals surface area contributed by atoms with Crippen LogP contribution >= 0.6 is 0 Å². The minimum atomic E-state index is -0.0785. The molecule has 2 atom stereocenters. The second kappa shape index (κ2) is 7.43. The Labute approximate surface area is 164 Å². The van der Waals surface area contributed by atoms with Gasteiger partial charge in [-0.1, -0.05) is 0 Å². The molecule has 150 valence electrons. The number of hydrogen-bond donors (Lipinski definition) is 1. The molecule has 0 bridgehead atoms.